The van der Waals surface area contributed by atoms with E-state index < -0.39 is 0 Å². The molecule has 0 amide bonds. The van der Waals surface area contributed by atoms with E-state index in [1.54, 1.807) is 0 Å². The summed E-state index contributed by atoms with van der Waals surface area (Å²) < 4.78 is 0. The molecule has 2 nitrogen and oxygen atoms in total. The van der Waals surface area contributed by atoms with Crippen molar-refractivity contribution in [1.29, 1.82) is 5.26 Å². The van der Waals surface area contributed by atoms with Crippen LogP contribution in [-0.4, -0.2) is 0 Å². The monoisotopic (exact) mass is 250 g/mol. The Morgan fingerprint density at radius 2 is 1.58 bits per heavy atom. The highest BCUT2D eigenvalue weighted by Gasteiger charge is 2.06. The Morgan fingerprint density at radius 3 is 2.11 bits per heavy atom. The van der Waals surface area contributed by atoms with Gasteiger partial charge in [-0.25, -0.2) is 0 Å². The molecule has 0 spiro atoms. The number of rotatable bonds is 3. The summed E-state index contributed by atoms with van der Waals surface area (Å²) in [5.74, 6) is 0. The van der Waals surface area contributed by atoms with Crippen LogP contribution in [0.15, 0.2) is 42.5 Å². The van der Waals surface area contributed by atoms with Gasteiger partial charge in [0.15, 0.2) is 0 Å². The maximum atomic E-state index is 8.78. The van der Waals surface area contributed by atoms with Gasteiger partial charge in [-0.3, -0.25) is 0 Å². The molecule has 2 aromatic carbocycles. The molecule has 0 aromatic heterocycles. The van der Waals surface area contributed by atoms with Crippen LogP contribution in [0.25, 0.3) is 0 Å². The molecule has 96 valence electrons. The van der Waals surface area contributed by atoms with E-state index in [0.717, 1.165) is 5.69 Å². The van der Waals surface area contributed by atoms with E-state index in [1.807, 2.05) is 24.3 Å². The highest BCUT2D eigenvalue weighted by molar-refractivity contribution is 5.49. The summed E-state index contributed by atoms with van der Waals surface area (Å²) in [6.45, 7) is 6.38. The molecule has 2 aromatic rings. The van der Waals surface area contributed by atoms with Crippen molar-refractivity contribution >= 4 is 5.69 Å². The van der Waals surface area contributed by atoms with Crippen LogP contribution in [0.4, 0.5) is 5.69 Å². The van der Waals surface area contributed by atoms with Gasteiger partial charge in [-0.2, -0.15) is 5.26 Å². The number of nitrogens with zero attached hydrogens (tertiary/aromatic N) is 1. The smallest absolute Gasteiger partial charge is 0.0991 e. The van der Waals surface area contributed by atoms with Gasteiger partial charge in [-0.1, -0.05) is 29.3 Å². The van der Waals surface area contributed by atoms with E-state index in [1.165, 1.54) is 16.7 Å². The van der Waals surface area contributed by atoms with Crippen molar-refractivity contribution in [3.8, 4) is 6.07 Å². The van der Waals surface area contributed by atoms with E-state index in [2.05, 4.69) is 50.4 Å². The number of benzene rings is 2. The second kappa shape index (κ2) is 5.58. The Bertz CT molecular complexity index is 586. The molecular weight excluding hydrogens is 232 g/mol. The minimum atomic E-state index is 0.242. The lowest BCUT2D eigenvalue weighted by Gasteiger charge is -2.17. The first-order chi connectivity index (χ1) is 9.08. The SMILES string of the molecule is Cc1cc(C)cc(C(C)Nc2ccc(C#N)cc2)c1. The molecule has 0 aliphatic carbocycles. The predicted octanol–water partition coefficient (Wildman–Crippen LogP) is 4.35. The van der Waals surface area contributed by atoms with E-state index >= 15 is 0 Å². The molecule has 2 heteroatoms. The summed E-state index contributed by atoms with van der Waals surface area (Å²) in [5, 5.41) is 12.2. The molecule has 2 rings (SSSR count). The number of hydrogen-bond acceptors (Lipinski definition) is 2. The average molecular weight is 250 g/mol. The first-order valence-corrected chi connectivity index (χ1v) is 6.43. The minimum Gasteiger partial charge on any atom is -0.379 e. The molecule has 0 fully saturated rings. The van der Waals surface area contributed by atoms with Crippen LogP contribution in [0.3, 0.4) is 0 Å². The third-order valence-electron chi connectivity index (χ3n) is 3.14. The van der Waals surface area contributed by atoms with Gasteiger partial charge < -0.3 is 5.32 Å². The van der Waals surface area contributed by atoms with Gasteiger partial charge in [0, 0.05) is 11.7 Å². The zero-order chi connectivity index (χ0) is 13.8. The summed E-state index contributed by atoms with van der Waals surface area (Å²) in [7, 11) is 0. The fourth-order valence-electron chi connectivity index (χ4n) is 2.23. The van der Waals surface area contributed by atoms with Gasteiger partial charge >= 0.3 is 0 Å². The molecule has 19 heavy (non-hydrogen) atoms. The Balaban J connectivity index is 2.15. The van der Waals surface area contributed by atoms with Crippen molar-refractivity contribution in [3.05, 3.63) is 64.7 Å². The molecule has 0 radical (unpaired) electrons. The van der Waals surface area contributed by atoms with Crippen LogP contribution in [0.2, 0.25) is 0 Å². The molecule has 0 bridgehead atoms. The Hall–Kier alpha value is -2.27. The number of hydrogen-bond donors (Lipinski definition) is 1. The highest BCUT2D eigenvalue weighted by atomic mass is 14.9. The Labute approximate surface area is 114 Å². The third kappa shape index (κ3) is 3.35. The van der Waals surface area contributed by atoms with Crippen LogP contribution in [0.5, 0.6) is 0 Å². The van der Waals surface area contributed by atoms with Crippen LogP contribution < -0.4 is 5.32 Å². The van der Waals surface area contributed by atoms with Gasteiger partial charge in [0.2, 0.25) is 0 Å². The summed E-state index contributed by atoms with van der Waals surface area (Å²) in [6.07, 6.45) is 0. The van der Waals surface area contributed by atoms with Crippen molar-refractivity contribution < 1.29 is 0 Å². The number of aryl methyl sites for hydroxylation is 2. The maximum absolute atomic E-state index is 8.78. The van der Waals surface area contributed by atoms with Crippen LogP contribution in [0, 0.1) is 25.2 Å². The van der Waals surface area contributed by atoms with Gasteiger partial charge in [0.05, 0.1) is 11.6 Å². The van der Waals surface area contributed by atoms with E-state index in [4.69, 9.17) is 5.26 Å². The first-order valence-electron chi connectivity index (χ1n) is 6.43. The molecule has 0 aliphatic heterocycles. The van der Waals surface area contributed by atoms with Crippen molar-refractivity contribution in [2.24, 2.45) is 0 Å². The molecule has 0 saturated carbocycles. The Kier molecular flexibility index (Phi) is 3.87. The van der Waals surface area contributed by atoms with Gasteiger partial charge in [0.1, 0.15) is 0 Å². The van der Waals surface area contributed by atoms with Crippen molar-refractivity contribution in [2.45, 2.75) is 26.8 Å². The zero-order valence-corrected chi connectivity index (χ0v) is 11.6. The summed E-state index contributed by atoms with van der Waals surface area (Å²) in [6, 6.07) is 16.5. The molecule has 1 atom stereocenters. The summed E-state index contributed by atoms with van der Waals surface area (Å²) in [4.78, 5) is 0. The van der Waals surface area contributed by atoms with Crippen molar-refractivity contribution in [1.82, 2.24) is 0 Å². The normalized spacial score (nSPS) is 11.7. The number of nitrogens with one attached hydrogen (secondary N) is 1. The molecule has 1 N–H and O–H groups in total. The molecule has 0 saturated heterocycles. The van der Waals surface area contributed by atoms with Gasteiger partial charge in [0.25, 0.3) is 0 Å². The second-order valence-electron chi connectivity index (χ2n) is 4.98. The van der Waals surface area contributed by atoms with Gasteiger partial charge in [-0.15, -0.1) is 0 Å². The molecule has 1 unspecified atom stereocenters. The summed E-state index contributed by atoms with van der Waals surface area (Å²) >= 11 is 0. The molecular formula is C17H18N2. The largest absolute Gasteiger partial charge is 0.379 e. The first kappa shape index (κ1) is 13.2. The lowest BCUT2D eigenvalue weighted by atomic mass is 10.0. The minimum absolute atomic E-state index is 0.242. The highest BCUT2D eigenvalue weighted by Crippen LogP contribution is 2.21. The average Bonchev–Trinajstić information content (AvgIpc) is 2.38. The van der Waals surface area contributed by atoms with Gasteiger partial charge in [-0.05, 0) is 50.6 Å². The van der Waals surface area contributed by atoms with Crippen molar-refractivity contribution in [2.75, 3.05) is 5.32 Å². The van der Waals surface area contributed by atoms with E-state index in [-0.39, 0.29) is 6.04 Å². The number of nitriles is 1. The lowest BCUT2D eigenvalue weighted by molar-refractivity contribution is 0.881. The topological polar surface area (TPSA) is 35.8 Å². The van der Waals surface area contributed by atoms with E-state index in [0.29, 0.717) is 5.56 Å². The Morgan fingerprint density at radius 1 is 1.00 bits per heavy atom. The fourth-order valence-corrected chi connectivity index (χ4v) is 2.23. The van der Waals surface area contributed by atoms with E-state index in [9.17, 15) is 0 Å². The second-order valence-corrected chi connectivity index (χ2v) is 4.98. The van der Waals surface area contributed by atoms with Crippen LogP contribution in [0.1, 0.15) is 35.2 Å². The maximum Gasteiger partial charge on any atom is 0.0991 e. The zero-order valence-electron chi connectivity index (χ0n) is 11.6. The summed E-state index contributed by atoms with van der Waals surface area (Å²) in [5.41, 5.74) is 5.56. The quantitative estimate of drug-likeness (QED) is 0.879. The van der Waals surface area contributed by atoms with Crippen LogP contribution in [-0.2, 0) is 0 Å². The number of anilines is 1. The molecule has 0 heterocycles. The lowest BCUT2D eigenvalue weighted by Crippen LogP contribution is -2.07. The third-order valence-corrected chi connectivity index (χ3v) is 3.14. The standard InChI is InChI=1S/C17H18N2/c1-12-8-13(2)10-16(9-12)14(3)19-17-6-4-15(11-18)5-7-17/h4-10,14,19H,1-3H3. The molecule has 0 aliphatic rings. The van der Waals surface area contributed by atoms with Crippen LogP contribution >= 0.6 is 0 Å². The van der Waals surface area contributed by atoms with Crippen molar-refractivity contribution in [3.63, 3.8) is 0 Å². The fraction of sp³-hybridized carbons (Fsp3) is 0.235. The predicted molar refractivity (Wildman–Crippen MR) is 79.1 cm³/mol.